The van der Waals surface area contributed by atoms with Crippen LogP contribution in [0, 0.1) is 5.82 Å². The van der Waals surface area contributed by atoms with E-state index < -0.39 is 0 Å². The van der Waals surface area contributed by atoms with E-state index in [0.29, 0.717) is 17.3 Å². The van der Waals surface area contributed by atoms with Crippen molar-refractivity contribution in [2.24, 2.45) is 0 Å². The van der Waals surface area contributed by atoms with Crippen molar-refractivity contribution in [3.05, 3.63) is 48.2 Å². The zero-order chi connectivity index (χ0) is 15.8. The monoisotopic (exact) mass is 349 g/mol. The number of rotatable bonds is 3. The average Bonchev–Trinajstić information content (AvgIpc) is 3.21. The van der Waals surface area contributed by atoms with Crippen LogP contribution < -0.4 is 10.1 Å². The van der Waals surface area contributed by atoms with E-state index in [1.807, 2.05) is 10.7 Å². The highest BCUT2D eigenvalue weighted by molar-refractivity contribution is 5.85. The third-order valence-corrected chi connectivity index (χ3v) is 3.94. The average molecular weight is 350 g/mol. The SMILES string of the molecule is COc1ccc(F)cc1-n1ccnc1-c1cc2n(n1)CCNC2.Cl. The van der Waals surface area contributed by atoms with Gasteiger partial charge in [-0.15, -0.1) is 12.4 Å². The molecule has 8 heteroatoms. The number of imidazole rings is 1. The van der Waals surface area contributed by atoms with Crippen molar-refractivity contribution < 1.29 is 9.13 Å². The number of methoxy groups -OCH3 is 1. The number of nitrogens with zero attached hydrogens (tertiary/aromatic N) is 4. The minimum atomic E-state index is -0.325. The first-order valence-corrected chi connectivity index (χ1v) is 7.41. The number of benzene rings is 1. The summed E-state index contributed by atoms with van der Waals surface area (Å²) in [7, 11) is 1.56. The highest BCUT2D eigenvalue weighted by Crippen LogP contribution is 2.28. The molecule has 1 N–H and O–H groups in total. The van der Waals surface area contributed by atoms with Crippen molar-refractivity contribution in [2.45, 2.75) is 13.1 Å². The van der Waals surface area contributed by atoms with Gasteiger partial charge in [0.2, 0.25) is 0 Å². The zero-order valence-electron chi connectivity index (χ0n) is 13.1. The molecule has 2 aromatic heterocycles. The number of aromatic nitrogens is 4. The standard InChI is InChI=1S/C16H16FN5O.ClH/c1-23-15-3-2-11(17)8-14(15)21-6-5-19-16(21)13-9-12-10-18-4-7-22(12)20-13;/h2-3,5-6,8-9,18H,4,7,10H2,1H3;1H. The molecule has 0 unspecified atom stereocenters. The molecule has 4 rings (SSSR count). The fourth-order valence-corrected chi connectivity index (χ4v) is 2.84. The van der Waals surface area contributed by atoms with E-state index in [4.69, 9.17) is 4.74 Å². The van der Waals surface area contributed by atoms with Gasteiger partial charge >= 0.3 is 0 Å². The Morgan fingerprint density at radius 1 is 1.29 bits per heavy atom. The van der Waals surface area contributed by atoms with Gasteiger partial charge in [0.05, 0.1) is 25.0 Å². The number of fused-ring (bicyclic) bond motifs is 1. The summed E-state index contributed by atoms with van der Waals surface area (Å²) < 4.78 is 22.8. The molecule has 0 radical (unpaired) electrons. The molecule has 0 spiro atoms. The summed E-state index contributed by atoms with van der Waals surface area (Å²) in [5.41, 5.74) is 2.48. The van der Waals surface area contributed by atoms with Crippen LogP contribution in [0.4, 0.5) is 4.39 Å². The van der Waals surface area contributed by atoms with Crippen LogP contribution in [-0.2, 0) is 13.1 Å². The largest absolute Gasteiger partial charge is 0.495 e. The fraction of sp³-hybridized carbons (Fsp3) is 0.250. The Balaban J connectivity index is 0.00000169. The Morgan fingerprint density at radius 2 is 2.17 bits per heavy atom. The van der Waals surface area contributed by atoms with Gasteiger partial charge in [-0.05, 0) is 18.2 Å². The van der Waals surface area contributed by atoms with E-state index in [1.54, 1.807) is 30.1 Å². The molecule has 0 saturated heterocycles. The summed E-state index contributed by atoms with van der Waals surface area (Å²) in [5.74, 6) is 0.917. The van der Waals surface area contributed by atoms with Gasteiger partial charge in [0.15, 0.2) is 5.82 Å². The number of hydrogen-bond donors (Lipinski definition) is 1. The first kappa shape index (κ1) is 16.5. The molecule has 1 aromatic carbocycles. The molecule has 6 nitrogen and oxygen atoms in total. The van der Waals surface area contributed by atoms with Crippen LogP contribution in [0.3, 0.4) is 0 Å². The molecule has 1 aliphatic rings. The Labute approximate surface area is 144 Å². The lowest BCUT2D eigenvalue weighted by atomic mass is 10.2. The molecule has 0 bridgehead atoms. The molecular weight excluding hydrogens is 333 g/mol. The Hall–Kier alpha value is -2.38. The van der Waals surface area contributed by atoms with Gasteiger partial charge in [-0.3, -0.25) is 9.25 Å². The maximum absolute atomic E-state index is 13.7. The van der Waals surface area contributed by atoms with E-state index in [1.165, 1.54) is 12.1 Å². The summed E-state index contributed by atoms with van der Waals surface area (Å²) in [4.78, 5) is 4.40. The molecule has 0 aliphatic carbocycles. The van der Waals surface area contributed by atoms with Crippen LogP contribution in [0.1, 0.15) is 5.69 Å². The summed E-state index contributed by atoms with van der Waals surface area (Å²) in [6.07, 6.45) is 3.46. The summed E-state index contributed by atoms with van der Waals surface area (Å²) >= 11 is 0. The molecule has 0 atom stereocenters. The van der Waals surface area contributed by atoms with E-state index in [9.17, 15) is 4.39 Å². The van der Waals surface area contributed by atoms with Crippen LogP contribution in [-0.4, -0.2) is 33.0 Å². The van der Waals surface area contributed by atoms with Crippen LogP contribution in [0.25, 0.3) is 17.2 Å². The molecule has 24 heavy (non-hydrogen) atoms. The number of nitrogens with one attached hydrogen (secondary N) is 1. The van der Waals surface area contributed by atoms with Gasteiger partial charge in [0.25, 0.3) is 0 Å². The Morgan fingerprint density at radius 3 is 2.96 bits per heavy atom. The van der Waals surface area contributed by atoms with Crippen LogP contribution in [0.2, 0.25) is 0 Å². The van der Waals surface area contributed by atoms with Crippen LogP contribution in [0.15, 0.2) is 36.7 Å². The second kappa shape index (κ2) is 6.62. The van der Waals surface area contributed by atoms with Crippen LogP contribution >= 0.6 is 12.4 Å². The zero-order valence-corrected chi connectivity index (χ0v) is 13.9. The van der Waals surface area contributed by atoms with E-state index >= 15 is 0 Å². The Bertz CT molecular complexity index is 837. The molecule has 0 saturated carbocycles. The third kappa shape index (κ3) is 2.76. The van der Waals surface area contributed by atoms with Crippen molar-refractivity contribution in [3.63, 3.8) is 0 Å². The quantitative estimate of drug-likeness (QED) is 0.789. The summed E-state index contributed by atoms with van der Waals surface area (Å²) in [5, 5.41) is 7.93. The highest BCUT2D eigenvalue weighted by Gasteiger charge is 2.18. The lowest BCUT2D eigenvalue weighted by Gasteiger charge is -2.13. The minimum Gasteiger partial charge on any atom is -0.495 e. The third-order valence-electron chi connectivity index (χ3n) is 3.94. The maximum Gasteiger partial charge on any atom is 0.165 e. The first-order chi connectivity index (χ1) is 11.3. The number of halogens is 2. The molecule has 1 aliphatic heterocycles. The van der Waals surface area contributed by atoms with Gasteiger partial charge in [-0.2, -0.15) is 5.10 Å². The van der Waals surface area contributed by atoms with Gasteiger partial charge < -0.3 is 10.1 Å². The summed E-state index contributed by atoms with van der Waals surface area (Å²) in [6.45, 7) is 2.52. The first-order valence-electron chi connectivity index (χ1n) is 7.41. The van der Waals surface area contributed by atoms with Crippen molar-refractivity contribution >= 4 is 12.4 Å². The molecule has 3 heterocycles. The number of ether oxygens (including phenoxy) is 1. The van der Waals surface area contributed by atoms with Gasteiger partial charge in [-0.1, -0.05) is 0 Å². The van der Waals surface area contributed by atoms with Gasteiger partial charge in [0.1, 0.15) is 17.3 Å². The van der Waals surface area contributed by atoms with Crippen LogP contribution in [0.5, 0.6) is 5.75 Å². The van der Waals surface area contributed by atoms with Crippen molar-refractivity contribution in [1.29, 1.82) is 0 Å². The minimum absolute atomic E-state index is 0. The smallest absolute Gasteiger partial charge is 0.165 e. The van der Waals surface area contributed by atoms with Crippen molar-refractivity contribution in [2.75, 3.05) is 13.7 Å². The molecule has 3 aromatic rings. The van der Waals surface area contributed by atoms with E-state index in [-0.39, 0.29) is 18.2 Å². The van der Waals surface area contributed by atoms with E-state index in [2.05, 4.69) is 15.4 Å². The predicted octanol–water partition coefficient (Wildman–Crippen LogP) is 2.41. The normalized spacial score (nSPS) is 13.2. The maximum atomic E-state index is 13.7. The molecule has 0 fully saturated rings. The highest BCUT2D eigenvalue weighted by atomic mass is 35.5. The summed E-state index contributed by atoms with van der Waals surface area (Å²) in [6, 6.07) is 6.43. The van der Waals surface area contributed by atoms with E-state index in [0.717, 1.165) is 31.0 Å². The Kier molecular flexibility index (Phi) is 4.55. The number of hydrogen-bond acceptors (Lipinski definition) is 4. The second-order valence-electron chi connectivity index (χ2n) is 5.36. The lowest BCUT2D eigenvalue weighted by molar-refractivity contribution is 0.411. The second-order valence-corrected chi connectivity index (χ2v) is 5.36. The molecule has 0 amide bonds. The topological polar surface area (TPSA) is 56.9 Å². The lowest BCUT2D eigenvalue weighted by Crippen LogP contribution is -2.28. The predicted molar refractivity (Wildman–Crippen MR) is 90.2 cm³/mol. The van der Waals surface area contributed by atoms with Gasteiger partial charge in [0, 0.05) is 31.5 Å². The van der Waals surface area contributed by atoms with Crippen molar-refractivity contribution in [1.82, 2.24) is 24.6 Å². The van der Waals surface area contributed by atoms with Gasteiger partial charge in [-0.25, -0.2) is 9.37 Å². The fourth-order valence-electron chi connectivity index (χ4n) is 2.84. The molecular formula is C16H17ClFN5O. The molecule has 126 valence electrons. The van der Waals surface area contributed by atoms with Crippen molar-refractivity contribution in [3.8, 4) is 23.0 Å².